The first kappa shape index (κ1) is 29.7. The van der Waals surface area contributed by atoms with Gasteiger partial charge in [0, 0.05) is 50.8 Å². The molecule has 2 aliphatic rings. The molecule has 1 amide bonds. The van der Waals surface area contributed by atoms with Crippen LogP contribution in [0.4, 0.5) is 22.0 Å². The number of halogens is 6. The highest BCUT2D eigenvalue weighted by Gasteiger charge is 2.58. The fourth-order valence-electron chi connectivity index (χ4n) is 4.06. The monoisotopic (exact) mass is 555 g/mol. The summed E-state index contributed by atoms with van der Waals surface area (Å²) in [7, 11) is -3.63. The van der Waals surface area contributed by atoms with E-state index in [0.29, 0.717) is 18.5 Å². The zero-order chi connectivity index (χ0) is 25.2. The number of hydroxylamine groups is 1. The largest absolute Gasteiger partial charge is 0.485 e. The Hall–Kier alpha value is -1.49. The quantitative estimate of drug-likeness (QED) is 0.226. The van der Waals surface area contributed by atoms with E-state index in [-0.39, 0.29) is 63.2 Å². The third-order valence-electron chi connectivity index (χ3n) is 6.17. The molecule has 2 fully saturated rings. The Labute approximate surface area is 205 Å². The molecule has 0 spiro atoms. The van der Waals surface area contributed by atoms with E-state index in [9.17, 15) is 35.9 Å². The molecule has 3 rings (SSSR count). The van der Waals surface area contributed by atoms with Crippen molar-refractivity contribution in [3.63, 3.8) is 0 Å². The second-order valence-corrected chi connectivity index (χ2v) is 10.5. The van der Waals surface area contributed by atoms with Gasteiger partial charge in [0.15, 0.2) is 11.4 Å². The molecule has 0 unspecified atom stereocenters. The Morgan fingerprint density at radius 2 is 1.80 bits per heavy atom. The number of pyridine rings is 1. The van der Waals surface area contributed by atoms with Crippen LogP contribution in [0.3, 0.4) is 0 Å². The van der Waals surface area contributed by atoms with E-state index in [1.165, 1.54) is 21.9 Å². The Morgan fingerprint density at radius 1 is 1.20 bits per heavy atom. The minimum Gasteiger partial charge on any atom is -0.485 e. The fourth-order valence-corrected chi connectivity index (χ4v) is 6.28. The van der Waals surface area contributed by atoms with Gasteiger partial charge in [-0.3, -0.25) is 24.1 Å². The summed E-state index contributed by atoms with van der Waals surface area (Å²) in [4.78, 5) is 16.5. The third kappa shape index (κ3) is 6.09. The van der Waals surface area contributed by atoms with E-state index >= 15 is 0 Å². The van der Waals surface area contributed by atoms with Crippen LogP contribution in [0.5, 0.6) is 5.75 Å². The van der Waals surface area contributed by atoms with Gasteiger partial charge in [0.1, 0.15) is 5.75 Å². The topological polar surface area (TPSA) is 124 Å². The van der Waals surface area contributed by atoms with Gasteiger partial charge in [0.05, 0.1) is 6.20 Å². The minimum absolute atomic E-state index is 0. The van der Waals surface area contributed by atoms with E-state index in [2.05, 4.69) is 9.72 Å². The molecule has 16 heteroatoms. The van der Waals surface area contributed by atoms with Crippen LogP contribution < -0.4 is 10.2 Å². The van der Waals surface area contributed by atoms with Crippen LogP contribution in [-0.4, -0.2) is 79.3 Å². The van der Waals surface area contributed by atoms with E-state index in [4.69, 9.17) is 9.94 Å². The summed E-state index contributed by atoms with van der Waals surface area (Å²) in [6, 6.07) is 2.70. The van der Waals surface area contributed by atoms with Crippen molar-refractivity contribution in [3.8, 4) is 5.75 Å². The lowest BCUT2D eigenvalue weighted by Crippen LogP contribution is -2.57. The first-order chi connectivity index (χ1) is 15.8. The Bertz CT molecular complexity index is 850. The van der Waals surface area contributed by atoms with Crippen molar-refractivity contribution < 1.29 is 50.5 Å². The maximum Gasteiger partial charge on any atom is 0.456 e. The molecule has 1 aromatic rings. The number of piperidine rings is 1. The molecule has 9 nitrogen and oxygen atoms in total. The van der Waals surface area contributed by atoms with Crippen LogP contribution >= 0.6 is 23.2 Å². The highest BCUT2D eigenvalue weighted by molar-refractivity contribution is 8.24. The average Bonchev–Trinajstić information content (AvgIpc) is 2.82. The molecular weight excluding hydrogens is 529 g/mol. The van der Waals surface area contributed by atoms with Crippen LogP contribution in [0.15, 0.2) is 18.3 Å². The maximum atomic E-state index is 13.0. The van der Waals surface area contributed by atoms with Gasteiger partial charge in [-0.05, 0) is 25.0 Å². The highest BCUT2D eigenvalue weighted by Crippen LogP contribution is 2.60. The minimum atomic E-state index is -5.72. The van der Waals surface area contributed by atoms with E-state index in [1.807, 2.05) is 0 Å². The maximum absolute atomic E-state index is 13.0. The summed E-state index contributed by atoms with van der Waals surface area (Å²) in [6.45, 7) is -1.19. The lowest BCUT2D eigenvalue weighted by atomic mass is 9.94. The summed E-state index contributed by atoms with van der Waals surface area (Å²) >= 11 is 0. The van der Waals surface area contributed by atoms with Crippen molar-refractivity contribution in [1.29, 1.82) is 0 Å². The molecule has 0 saturated carbocycles. The first-order valence-corrected chi connectivity index (χ1v) is 11.9. The van der Waals surface area contributed by atoms with Crippen molar-refractivity contribution in [1.82, 2.24) is 14.8 Å². The smallest absolute Gasteiger partial charge is 0.456 e. The number of nitrogens with zero attached hydrogens (tertiary/aromatic N) is 2. The molecule has 0 aliphatic carbocycles. The van der Waals surface area contributed by atoms with Crippen LogP contribution in [0.25, 0.3) is 0 Å². The average molecular weight is 556 g/mol. The van der Waals surface area contributed by atoms with Gasteiger partial charge in [0.2, 0.25) is 0 Å². The van der Waals surface area contributed by atoms with Crippen LogP contribution in [-0.2, 0) is 9.53 Å². The normalized spacial score (nSPS) is 20.6. The van der Waals surface area contributed by atoms with Crippen LogP contribution in [0, 0.1) is 0 Å². The molecule has 0 radical (unpaired) electrons. The summed E-state index contributed by atoms with van der Waals surface area (Å²) < 4.78 is 94.4. The number of amides is 1. The number of hydrogen-bond donors (Lipinski definition) is 4. The van der Waals surface area contributed by atoms with Gasteiger partial charge < -0.3 is 9.47 Å². The van der Waals surface area contributed by atoms with Gasteiger partial charge in [0.25, 0.3) is 5.91 Å². The van der Waals surface area contributed by atoms with Gasteiger partial charge in [-0.15, -0.1) is 23.2 Å². The molecule has 0 bridgehead atoms. The van der Waals surface area contributed by atoms with Gasteiger partial charge in [-0.2, -0.15) is 22.0 Å². The number of carbonyl (C=O) groups excluding carboxylic acids is 1. The lowest BCUT2D eigenvalue weighted by Gasteiger charge is -2.56. The van der Waals surface area contributed by atoms with Crippen molar-refractivity contribution >= 4 is 29.1 Å². The van der Waals surface area contributed by atoms with Crippen LogP contribution in [0.2, 0.25) is 0 Å². The highest BCUT2D eigenvalue weighted by atomic mass is 35.5. The molecule has 35 heavy (non-hydrogen) atoms. The zero-order valence-electron chi connectivity index (χ0n) is 18.3. The number of rotatable bonds is 7. The van der Waals surface area contributed by atoms with Crippen molar-refractivity contribution in [3.05, 3.63) is 24.0 Å². The molecule has 0 atom stereocenters. The molecule has 1 aromatic heterocycles. The Kier molecular flexibility index (Phi) is 9.58. The first-order valence-electron chi connectivity index (χ1n) is 10.4. The number of nitrogens with one attached hydrogen (secondary N) is 1. The second kappa shape index (κ2) is 11.3. The standard InChI is InChI=1S/C19H26F5N3O6S.ClH/c20-18(21,19(22,23)24)12-33-14-1-2-15(25-11-14)13-3-7-27(8-4-13)34(30,31)17(16(28)26-29)5-9-32-10-6-17;/h1-2,11,13,29-31H,3-10,12H2,(H,26,28);1H. The molecular formula is C19H27ClF5N3O6S. The molecule has 202 valence electrons. The number of ether oxygens (including phenoxy) is 2. The Morgan fingerprint density at radius 3 is 2.29 bits per heavy atom. The summed E-state index contributed by atoms with van der Waals surface area (Å²) in [5, 5.41) is 9.17. The Balaban J connectivity index is 0.00000432. The molecule has 0 aromatic carbocycles. The fraction of sp³-hybridized carbons (Fsp3) is 0.684. The lowest BCUT2D eigenvalue weighted by molar-refractivity contribution is -0.290. The molecule has 2 aliphatic heterocycles. The van der Waals surface area contributed by atoms with Gasteiger partial charge in [-0.25, -0.2) is 9.79 Å². The van der Waals surface area contributed by atoms with E-state index in [0.717, 1.165) is 6.20 Å². The van der Waals surface area contributed by atoms with Crippen molar-refractivity contribution in [2.24, 2.45) is 0 Å². The zero-order valence-corrected chi connectivity index (χ0v) is 20.0. The van der Waals surface area contributed by atoms with E-state index in [1.54, 1.807) is 0 Å². The number of hydrogen-bond acceptors (Lipinski definition) is 8. The second-order valence-electron chi connectivity index (χ2n) is 8.18. The SMILES string of the molecule is Cl.O=C(NO)C1(S(O)(O)N2CCC(c3ccc(OCC(F)(F)C(F)(F)F)cn3)CC2)CCOCC1. The number of carbonyl (C=O) groups is 1. The van der Waals surface area contributed by atoms with E-state index < -0.39 is 40.1 Å². The summed E-state index contributed by atoms with van der Waals surface area (Å²) in [5.74, 6) is -6.26. The van der Waals surface area contributed by atoms with Crippen molar-refractivity contribution in [2.75, 3.05) is 32.9 Å². The van der Waals surface area contributed by atoms with Gasteiger partial charge in [-0.1, -0.05) is 0 Å². The molecule has 2 saturated heterocycles. The van der Waals surface area contributed by atoms with Crippen LogP contribution in [0.1, 0.15) is 37.3 Å². The van der Waals surface area contributed by atoms with Crippen molar-refractivity contribution in [2.45, 2.75) is 48.4 Å². The summed E-state index contributed by atoms with van der Waals surface area (Å²) in [6.07, 6.45) is -3.77. The number of aromatic nitrogens is 1. The summed E-state index contributed by atoms with van der Waals surface area (Å²) in [5.41, 5.74) is 2.08. The molecule has 3 heterocycles. The predicted molar refractivity (Wildman–Crippen MR) is 117 cm³/mol. The third-order valence-corrected chi connectivity index (χ3v) is 8.89. The number of alkyl halides is 5. The van der Waals surface area contributed by atoms with Gasteiger partial charge >= 0.3 is 12.1 Å². The molecule has 4 N–H and O–H groups in total. The predicted octanol–water partition coefficient (Wildman–Crippen LogP) is 3.98.